The topological polar surface area (TPSA) is 63.7 Å². The highest BCUT2D eigenvalue weighted by molar-refractivity contribution is 5.66. The molecule has 0 aliphatic rings. The summed E-state index contributed by atoms with van der Waals surface area (Å²) in [5, 5.41) is 17.2. The van der Waals surface area contributed by atoms with Gasteiger partial charge < -0.3 is 4.74 Å². The number of benzene rings is 2. The third-order valence-electron chi connectivity index (χ3n) is 3.41. The van der Waals surface area contributed by atoms with Gasteiger partial charge in [0.2, 0.25) is 0 Å². The van der Waals surface area contributed by atoms with Crippen molar-refractivity contribution < 1.29 is 9.13 Å². The number of hydrogen-bond acceptors (Lipinski definition) is 4. The largest absolute Gasteiger partial charge is 0.497 e. The predicted molar refractivity (Wildman–Crippen MR) is 82.2 cm³/mol. The summed E-state index contributed by atoms with van der Waals surface area (Å²) in [6, 6.07) is 15.6. The maximum atomic E-state index is 13.3. The highest BCUT2D eigenvalue weighted by atomic mass is 19.1. The van der Waals surface area contributed by atoms with Gasteiger partial charge in [-0.2, -0.15) is 5.26 Å². The highest BCUT2D eigenvalue weighted by Gasteiger charge is 2.15. The van der Waals surface area contributed by atoms with Crippen LogP contribution in [0.25, 0.3) is 11.3 Å². The van der Waals surface area contributed by atoms with Crippen LogP contribution in [0.4, 0.5) is 4.39 Å². The molecule has 0 atom stereocenters. The molecule has 114 valence electrons. The van der Waals surface area contributed by atoms with E-state index in [1.165, 1.54) is 12.1 Å². The van der Waals surface area contributed by atoms with Gasteiger partial charge in [-0.3, -0.25) is 0 Å². The average molecular weight is 308 g/mol. The van der Waals surface area contributed by atoms with E-state index in [4.69, 9.17) is 4.74 Å². The van der Waals surface area contributed by atoms with Crippen LogP contribution in [-0.2, 0) is 6.54 Å². The van der Waals surface area contributed by atoms with E-state index in [0.29, 0.717) is 18.0 Å². The van der Waals surface area contributed by atoms with E-state index in [-0.39, 0.29) is 11.5 Å². The third kappa shape index (κ3) is 3.04. The number of methoxy groups -OCH3 is 1. The summed E-state index contributed by atoms with van der Waals surface area (Å²) in [6.07, 6.45) is 0. The van der Waals surface area contributed by atoms with Gasteiger partial charge in [-0.05, 0) is 29.8 Å². The van der Waals surface area contributed by atoms with Gasteiger partial charge in [0.15, 0.2) is 5.69 Å². The normalized spacial score (nSPS) is 10.3. The first kappa shape index (κ1) is 14.7. The van der Waals surface area contributed by atoms with E-state index in [0.717, 1.165) is 11.1 Å². The molecule has 0 spiro atoms. The summed E-state index contributed by atoms with van der Waals surface area (Å²) in [5.41, 5.74) is 2.30. The van der Waals surface area contributed by atoms with Crippen LogP contribution in [0, 0.1) is 17.1 Å². The Morgan fingerprint density at radius 1 is 1.22 bits per heavy atom. The van der Waals surface area contributed by atoms with E-state index >= 15 is 0 Å². The van der Waals surface area contributed by atoms with Gasteiger partial charge in [0, 0.05) is 5.56 Å². The van der Waals surface area contributed by atoms with Crippen molar-refractivity contribution in [2.75, 3.05) is 7.11 Å². The molecule has 23 heavy (non-hydrogen) atoms. The van der Waals surface area contributed by atoms with E-state index in [1.54, 1.807) is 23.9 Å². The standard InChI is InChI=1S/C17H13FN4O/c1-23-15-7-3-5-13(9-15)17-16(10-19)20-21-22(17)11-12-4-2-6-14(18)8-12/h2-9H,11H2,1H3. The number of hydrogen-bond donors (Lipinski definition) is 0. The fraction of sp³-hybridized carbons (Fsp3) is 0.118. The molecular formula is C17H13FN4O. The van der Waals surface area contributed by atoms with Crippen LogP contribution >= 0.6 is 0 Å². The van der Waals surface area contributed by atoms with Crippen LogP contribution in [0.3, 0.4) is 0 Å². The minimum Gasteiger partial charge on any atom is -0.497 e. The molecule has 0 N–H and O–H groups in total. The van der Waals surface area contributed by atoms with Crippen molar-refractivity contribution in [1.82, 2.24) is 15.0 Å². The molecule has 0 aliphatic carbocycles. The lowest BCUT2D eigenvalue weighted by molar-refractivity contribution is 0.415. The number of halogens is 1. The molecule has 2 aromatic carbocycles. The Morgan fingerprint density at radius 2 is 2.04 bits per heavy atom. The average Bonchev–Trinajstić information content (AvgIpc) is 2.97. The summed E-state index contributed by atoms with van der Waals surface area (Å²) < 4.78 is 20.2. The molecule has 0 fully saturated rings. The summed E-state index contributed by atoms with van der Waals surface area (Å²) >= 11 is 0. The second-order valence-electron chi connectivity index (χ2n) is 4.92. The summed E-state index contributed by atoms with van der Waals surface area (Å²) in [4.78, 5) is 0. The number of nitriles is 1. The Morgan fingerprint density at radius 3 is 2.78 bits per heavy atom. The number of nitrogens with zero attached hydrogens (tertiary/aromatic N) is 4. The van der Waals surface area contributed by atoms with Crippen molar-refractivity contribution in [2.45, 2.75) is 6.54 Å². The third-order valence-corrected chi connectivity index (χ3v) is 3.41. The Labute approximate surface area is 132 Å². The Hall–Kier alpha value is -3.20. The zero-order valence-corrected chi connectivity index (χ0v) is 12.4. The van der Waals surface area contributed by atoms with Crippen LogP contribution in [0.2, 0.25) is 0 Å². The maximum absolute atomic E-state index is 13.3. The molecule has 0 bridgehead atoms. The minimum absolute atomic E-state index is 0.217. The number of aromatic nitrogens is 3. The second-order valence-corrected chi connectivity index (χ2v) is 4.92. The van der Waals surface area contributed by atoms with Crippen LogP contribution in [0.5, 0.6) is 5.75 Å². The molecule has 0 saturated heterocycles. The van der Waals surface area contributed by atoms with Crippen molar-refractivity contribution in [1.29, 1.82) is 5.26 Å². The molecule has 1 aromatic heterocycles. The Balaban J connectivity index is 2.05. The van der Waals surface area contributed by atoms with Gasteiger partial charge in [-0.15, -0.1) is 5.10 Å². The van der Waals surface area contributed by atoms with Crippen molar-refractivity contribution >= 4 is 0 Å². The predicted octanol–water partition coefficient (Wildman–Crippen LogP) is 3.01. The van der Waals surface area contributed by atoms with Gasteiger partial charge in [0.1, 0.15) is 23.3 Å². The molecule has 0 amide bonds. The van der Waals surface area contributed by atoms with Crippen LogP contribution < -0.4 is 4.74 Å². The molecule has 3 aromatic rings. The number of ether oxygens (including phenoxy) is 1. The summed E-state index contributed by atoms with van der Waals surface area (Å²) in [5.74, 6) is 0.357. The fourth-order valence-corrected chi connectivity index (χ4v) is 2.36. The van der Waals surface area contributed by atoms with Gasteiger partial charge in [0.25, 0.3) is 0 Å². The molecule has 0 saturated carbocycles. The van der Waals surface area contributed by atoms with Crippen LogP contribution in [0.15, 0.2) is 48.5 Å². The summed E-state index contributed by atoms with van der Waals surface area (Å²) in [7, 11) is 1.58. The molecule has 0 radical (unpaired) electrons. The van der Waals surface area contributed by atoms with E-state index in [2.05, 4.69) is 10.3 Å². The maximum Gasteiger partial charge on any atom is 0.190 e. The first-order chi connectivity index (χ1) is 11.2. The van der Waals surface area contributed by atoms with Crippen molar-refractivity contribution in [2.24, 2.45) is 0 Å². The molecule has 0 aliphatic heterocycles. The fourth-order valence-electron chi connectivity index (χ4n) is 2.36. The highest BCUT2D eigenvalue weighted by Crippen LogP contribution is 2.26. The Bertz CT molecular complexity index is 882. The smallest absolute Gasteiger partial charge is 0.190 e. The first-order valence-electron chi connectivity index (χ1n) is 6.93. The minimum atomic E-state index is -0.314. The monoisotopic (exact) mass is 308 g/mol. The SMILES string of the molecule is COc1cccc(-c2c(C#N)nnn2Cc2cccc(F)c2)c1. The Kier molecular flexibility index (Phi) is 4.02. The van der Waals surface area contributed by atoms with E-state index < -0.39 is 0 Å². The number of rotatable bonds is 4. The van der Waals surface area contributed by atoms with Gasteiger partial charge in [-0.1, -0.05) is 29.5 Å². The molecule has 6 heteroatoms. The zero-order valence-electron chi connectivity index (χ0n) is 12.4. The van der Waals surface area contributed by atoms with Gasteiger partial charge in [0.05, 0.1) is 13.7 Å². The molecule has 5 nitrogen and oxygen atoms in total. The molecule has 3 rings (SSSR count). The van der Waals surface area contributed by atoms with Crippen LogP contribution in [-0.4, -0.2) is 22.1 Å². The first-order valence-corrected chi connectivity index (χ1v) is 6.93. The summed E-state index contributed by atoms with van der Waals surface area (Å²) in [6.45, 7) is 0.318. The van der Waals surface area contributed by atoms with Crippen molar-refractivity contribution in [3.63, 3.8) is 0 Å². The lowest BCUT2D eigenvalue weighted by Gasteiger charge is -2.08. The second kappa shape index (κ2) is 6.28. The van der Waals surface area contributed by atoms with Crippen molar-refractivity contribution in [3.8, 4) is 23.1 Å². The lowest BCUT2D eigenvalue weighted by atomic mass is 10.1. The molecule has 0 unspecified atom stereocenters. The van der Waals surface area contributed by atoms with E-state index in [1.807, 2.05) is 30.3 Å². The molecular weight excluding hydrogens is 295 g/mol. The molecule has 1 heterocycles. The zero-order chi connectivity index (χ0) is 16.2. The lowest BCUT2D eigenvalue weighted by Crippen LogP contribution is -2.04. The van der Waals surface area contributed by atoms with Crippen molar-refractivity contribution in [3.05, 3.63) is 65.6 Å². The van der Waals surface area contributed by atoms with E-state index in [9.17, 15) is 9.65 Å². The van der Waals surface area contributed by atoms with Gasteiger partial charge >= 0.3 is 0 Å². The van der Waals surface area contributed by atoms with Crippen LogP contribution in [0.1, 0.15) is 11.3 Å². The van der Waals surface area contributed by atoms with Gasteiger partial charge in [-0.25, -0.2) is 9.07 Å². The quantitative estimate of drug-likeness (QED) is 0.743.